The van der Waals surface area contributed by atoms with Gasteiger partial charge >= 0.3 is 0 Å². The average Bonchev–Trinajstić information content (AvgIpc) is 3.23. The number of carbonyl (C=O) groups excluding carboxylic acids is 3. The first-order valence-corrected chi connectivity index (χ1v) is 19.6. The van der Waals surface area contributed by atoms with Crippen molar-refractivity contribution < 1.29 is 47.9 Å². The Labute approximate surface area is 343 Å². The van der Waals surface area contributed by atoms with Gasteiger partial charge in [0.05, 0.1) is 59.5 Å². The highest BCUT2D eigenvalue weighted by atomic mass is 16.5. The minimum Gasteiger partial charge on any atom is -0.508 e. The van der Waals surface area contributed by atoms with Gasteiger partial charge in [0, 0.05) is 43.6 Å². The van der Waals surface area contributed by atoms with Crippen LogP contribution in [0.15, 0.2) is 48.5 Å². The Balaban J connectivity index is 2.13. The lowest BCUT2D eigenvalue weighted by molar-refractivity contribution is -0.121. The molecular weight excluding hydrogens is 745 g/mol. The van der Waals surface area contributed by atoms with Crippen molar-refractivity contribution in [2.45, 2.75) is 44.1 Å². The van der Waals surface area contributed by atoms with Gasteiger partial charge in [-0.1, -0.05) is 42.0 Å². The highest BCUT2D eigenvalue weighted by molar-refractivity contribution is 5.95. The first kappa shape index (κ1) is 49.2. The molecule has 2 aromatic rings. The van der Waals surface area contributed by atoms with Crippen LogP contribution in [0.5, 0.6) is 5.75 Å². The molecule has 0 radical (unpaired) electrons. The van der Waals surface area contributed by atoms with Crippen LogP contribution in [0.1, 0.15) is 48.9 Å². The summed E-state index contributed by atoms with van der Waals surface area (Å²) < 4.78 is 32.2. The molecule has 0 saturated heterocycles. The zero-order valence-corrected chi connectivity index (χ0v) is 33.5. The number of nitrogens with one attached hydrogen (secondary N) is 4. The molecule has 58 heavy (non-hydrogen) atoms. The summed E-state index contributed by atoms with van der Waals surface area (Å²) in [6, 6.07) is 13.9. The van der Waals surface area contributed by atoms with Crippen LogP contribution < -0.4 is 21.3 Å². The molecule has 0 unspecified atom stereocenters. The zero-order chi connectivity index (χ0) is 41.9. The quantitative estimate of drug-likeness (QED) is 0.0520. The number of hydrogen-bond donors (Lipinski definition) is 5. The van der Waals surface area contributed by atoms with Crippen molar-refractivity contribution in [3.63, 3.8) is 0 Å². The standard InChI is InChI=1S/C44H60N4O10/c1-4-25-53-31-34-56-28-22-45-21-7-18-44(19-16-41(50)46-23-29-57-35-32-54-26-5-2,20-17-42(51)47-24-30-58-36-33-55-27-6-3)48-43(52)39-10-8-37(9-11-39)38-12-14-40(49)15-13-38/h1-3,8-15,45,49H,7,16-36H2,(H,46,50)(H,47,51)(H,48,52). The second-order valence-electron chi connectivity index (χ2n) is 13.0. The van der Waals surface area contributed by atoms with Crippen molar-refractivity contribution in [2.75, 3.05) is 105 Å². The topological polar surface area (TPSA) is 175 Å². The van der Waals surface area contributed by atoms with Crippen molar-refractivity contribution in [3.8, 4) is 53.9 Å². The van der Waals surface area contributed by atoms with Gasteiger partial charge in [0.1, 0.15) is 25.6 Å². The van der Waals surface area contributed by atoms with Gasteiger partial charge < -0.3 is 54.8 Å². The molecule has 0 aliphatic carbocycles. The Hall–Kier alpha value is -4.95. The summed E-state index contributed by atoms with van der Waals surface area (Å²) >= 11 is 0. The summed E-state index contributed by atoms with van der Waals surface area (Å²) in [6.07, 6.45) is 17.4. The summed E-state index contributed by atoms with van der Waals surface area (Å²) in [5.74, 6) is 6.61. The molecular formula is C44H60N4O10. The van der Waals surface area contributed by atoms with Crippen LogP contribution in [0.2, 0.25) is 0 Å². The summed E-state index contributed by atoms with van der Waals surface area (Å²) in [4.78, 5) is 40.1. The van der Waals surface area contributed by atoms with Gasteiger partial charge in [0.25, 0.3) is 5.91 Å². The van der Waals surface area contributed by atoms with Gasteiger partial charge in [-0.15, -0.1) is 19.3 Å². The van der Waals surface area contributed by atoms with Crippen molar-refractivity contribution in [2.24, 2.45) is 0 Å². The van der Waals surface area contributed by atoms with E-state index in [-0.39, 0.29) is 69.0 Å². The van der Waals surface area contributed by atoms with Crippen molar-refractivity contribution in [3.05, 3.63) is 54.1 Å². The number of aromatic hydroxyl groups is 1. The summed E-state index contributed by atoms with van der Waals surface area (Å²) in [5.41, 5.74) is 1.27. The number of phenolic OH excluding ortho intramolecular Hbond substituents is 1. The van der Waals surface area contributed by atoms with E-state index in [0.717, 1.165) is 11.1 Å². The SMILES string of the molecule is C#CCOCCOCCNCCCC(CCC(=O)NCCOCCOCC#C)(CCC(=O)NCCOCCOCC#C)NC(=O)c1ccc(-c2ccc(O)cc2)cc1. The molecule has 0 spiro atoms. The monoisotopic (exact) mass is 804 g/mol. The van der Waals surface area contributed by atoms with Gasteiger partial charge in [0.15, 0.2) is 0 Å². The van der Waals surface area contributed by atoms with Gasteiger partial charge in [-0.3, -0.25) is 14.4 Å². The Kier molecular flexibility index (Phi) is 27.2. The number of carbonyl (C=O) groups is 3. The lowest BCUT2D eigenvalue weighted by Gasteiger charge is -2.35. The zero-order valence-electron chi connectivity index (χ0n) is 33.5. The number of terminal acetylenes is 3. The Morgan fingerprint density at radius 1 is 0.552 bits per heavy atom. The third kappa shape index (κ3) is 23.3. The summed E-state index contributed by atoms with van der Waals surface area (Å²) in [5, 5.41) is 22.0. The molecule has 2 aromatic carbocycles. The molecule has 14 heteroatoms. The van der Waals surface area contributed by atoms with Crippen LogP contribution in [0.25, 0.3) is 11.1 Å². The van der Waals surface area contributed by atoms with Crippen LogP contribution in [-0.4, -0.2) is 134 Å². The predicted molar refractivity (Wildman–Crippen MR) is 222 cm³/mol. The number of amides is 3. The molecule has 0 aromatic heterocycles. The normalized spacial score (nSPS) is 10.9. The predicted octanol–water partition coefficient (Wildman–Crippen LogP) is 2.69. The number of ether oxygens (including phenoxy) is 6. The summed E-state index contributed by atoms with van der Waals surface area (Å²) in [7, 11) is 0. The van der Waals surface area contributed by atoms with Crippen LogP contribution in [0, 0.1) is 37.0 Å². The Morgan fingerprint density at radius 3 is 1.45 bits per heavy atom. The van der Waals surface area contributed by atoms with E-state index in [1.807, 2.05) is 12.1 Å². The fraction of sp³-hybridized carbons (Fsp3) is 0.523. The maximum Gasteiger partial charge on any atom is 0.251 e. The van der Waals surface area contributed by atoms with E-state index in [0.29, 0.717) is 104 Å². The van der Waals surface area contributed by atoms with Crippen LogP contribution in [-0.2, 0) is 38.0 Å². The molecule has 0 atom stereocenters. The highest BCUT2D eigenvalue weighted by Gasteiger charge is 2.33. The minimum absolute atomic E-state index is 0.103. The number of benzene rings is 2. The van der Waals surface area contributed by atoms with Crippen molar-refractivity contribution >= 4 is 17.7 Å². The molecule has 5 N–H and O–H groups in total. The van der Waals surface area contributed by atoms with E-state index >= 15 is 0 Å². The van der Waals surface area contributed by atoms with E-state index in [1.165, 1.54) is 0 Å². The number of hydrogen-bond acceptors (Lipinski definition) is 11. The molecule has 2 rings (SSSR count). The van der Waals surface area contributed by atoms with Gasteiger partial charge in [-0.2, -0.15) is 0 Å². The van der Waals surface area contributed by atoms with Gasteiger partial charge in [-0.05, 0) is 67.6 Å². The fourth-order valence-electron chi connectivity index (χ4n) is 5.63. The highest BCUT2D eigenvalue weighted by Crippen LogP contribution is 2.27. The average molecular weight is 805 g/mol. The number of rotatable bonds is 34. The maximum absolute atomic E-state index is 13.9. The molecule has 0 bridgehead atoms. The third-order valence-electron chi connectivity index (χ3n) is 8.63. The van der Waals surface area contributed by atoms with E-state index in [4.69, 9.17) is 47.7 Å². The first-order chi connectivity index (χ1) is 28.3. The first-order valence-electron chi connectivity index (χ1n) is 19.6. The molecule has 0 aliphatic heterocycles. The van der Waals surface area contributed by atoms with E-state index in [9.17, 15) is 19.5 Å². The number of phenols is 1. The molecule has 0 heterocycles. The second kappa shape index (κ2) is 32.1. The Morgan fingerprint density at radius 2 is 0.983 bits per heavy atom. The molecule has 316 valence electrons. The third-order valence-corrected chi connectivity index (χ3v) is 8.63. The maximum atomic E-state index is 13.9. The molecule has 14 nitrogen and oxygen atoms in total. The van der Waals surface area contributed by atoms with Gasteiger partial charge in [-0.25, -0.2) is 0 Å². The second-order valence-corrected chi connectivity index (χ2v) is 13.0. The Bertz CT molecular complexity index is 1520. The van der Waals surface area contributed by atoms with E-state index < -0.39 is 5.54 Å². The molecule has 3 amide bonds. The lowest BCUT2D eigenvalue weighted by atomic mass is 9.83. The van der Waals surface area contributed by atoms with E-state index in [1.54, 1.807) is 36.4 Å². The van der Waals surface area contributed by atoms with Crippen LogP contribution in [0.4, 0.5) is 0 Å². The van der Waals surface area contributed by atoms with Crippen molar-refractivity contribution in [1.29, 1.82) is 0 Å². The molecule has 0 saturated carbocycles. The fourth-order valence-corrected chi connectivity index (χ4v) is 5.63. The van der Waals surface area contributed by atoms with Gasteiger partial charge in [0.2, 0.25) is 11.8 Å². The van der Waals surface area contributed by atoms with Crippen LogP contribution in [0.3, 0.4) is 0 Å². The van der Waals surface area contributed by atoms with Crippen LogP contribution >= 0.6 is 0 Å². The lowest BCUT2D eigenvalue weighted by Crippen LogP contribution is -2.50. The van der Waals surface area contributed by atoms with Crippen molar-refractivity contribution in [1.82, 2.24) is 21.3 Å². The minimum atomic E-state index is -0.913. The molecule has 0 fully saturated rings. The molecule has 0 aliphatic rings. The summed E-state index contributed by atoms with van der Waals surface area (Å²) in [6.45, 7) is 5.76. The van der Waals surface area contributed by atoms with E-state index in [2.05, 4.69) is 39.0 Å². The largest absolute Gasteiger partial charge is 0.508 e. The smallest absolute Gasteiger partial charge is 0.251 e.